The van der Waals surface area contributed by atoms with Crippen LogP contribution in [-0.4, -0.2) is 20.0 Å². The summed E-state index contributed by atoms with van der Waals surface area (Å²) in [5.74, 6) is 0.683. The fraction of sp³-hybridized carbons (Fsp3) is 0.545. The molecule has 0 unspecified atom stereocenters. The maximum atomic E-state index is 4.22. The first-order chi connectivity index (χ1) is 8.24. The Kier molecular flexibility index (Phi) is 2.58. The lowest BCUT2D eigenvalue weighted by Gasteiger charge is -2.01. The second-order valence-electron chi connectivity index (χ2n) is 4.45. The molecule has 3 rings (SSSR count). The molecule has 90 valence electrons. The van der Waals surface area contributed by atoms with Crippen LogP contribution in [0.3, 0.4) is 0 Å². The Balaban J connectivity index is 1.64. The van der Waals surface area contributed by atoms with Gasteiger partial charge in [0.25, 0.3) is 0 Å². The van der Waals surface area contributed by atoms with Crippen molar-refractivity contribution in [1.82, 2.24) is 20.0 Å². The number of nitrogens with zero attached hydrogens (tertiary/aromatic N) is 4. The minimum atomic E-state index is 0.683. The molecule has 0 amide bonds. The first kappa shape index (κ1) is 10.7. The highest BCUT2D eigenvalue weighted by Gasteiger charge is 2.27. The molecule has 2 heterocycles. The molecular formula is C11H15N5S. The zero-order chi connectivity index (χ0) is 11.8. The Morgan fingerprint density at radius 1 is 1.47 bits per heavy atom. The maximum absolute atomic E-state index is 4.22. The van der Waals surface area contributed by atoms with E-state index < -0.39 is 0 Å². The topological polar surface area (TPSA) is 55.6 Å². The van der Waals surface area contributed by atoms with E-state index in [1.54, 1.807) is 11.3 Å². The van der Waals surface area contributed by atoms with Crippen LogP contribution in [0.1, 0.15) is 35.0 Å². The summed E-state index contributed by atoms with van der Waals surface area (Å²) < 4.78 is 1.88. The van der Waals surface area contributed by atoms with E-state index in [1.807, 2.05) is 17.9 Å². The summed E-state index contributed by atoms with van der Waals surface area (Å²) in [6, 6.07) is 0. The van der Waals surface area contributed by atoms with Gasteiger partial charge in [0.2, 0.25) is 5.13 Å². The van der Waals surface area contributed by atoms with Crippen LogP contribution in [0, 0.1) is 6.92 Å². The lowest BCUT2D eigenvalue weighted by atomic mass is 10.2. The summed E-state index contributed by atoms with van der Waals surface area (Å²) in [5, 5.41) is 18.0. The molecule has 1 fully saturated rings. The van der Waals surface area contributed by atoms with Gasteiger partial charge in [0.05, 0.1) is 6.20 Å². The van der Waals surface area contributed by atoms with Gasteiger partial charge < -0.3 is 5.32 Å². The minimum absolute atomic E-state index is 0.683. The van der Waals surface area contributed by atoms with Gasteiger partial charge >= 0.3 is 0 Å². The molecule has 2 aromatic heterocycles. The van der Waals surface area contributed by atoms with Crippen molar-refractivity contribution < 1.29 is 0 Å². The second kappa shape index (κ2) is 4.10. The highest BCUT2D eigenvalue weighted by atomic mass is 32.1. The van der Waals surface area contributed by atoms with Gasteiger partial charge in [-0.25, -0.2) is 0 Å². The standard InChI is InChI=1S/C11H15N5S/c1-7-9(6-13-16(7)2)5-12-11-15-14-10(17-11)8-3-4-8/h6,8H,3-5H2,1-2H3,(H,12,15). The third-order valence-electron chi connectivity index (χ3n) is 3.13. The zero-order valence-electron chi connectivity index (χ0n) is 9.97. The highest BCUT2D eigenvalue weighted by Crippen LogP contribution is 2.42. The molecule has 0 aromatic carbocycles. The lowest BCUT2D eigenvalue weighted by Crippen LogP contribution is -2.01. The molecule has 5 nitrogen and oxygen atoms in total. The van der Waals surface area contributed by atoms with Crippen molar-refractivity contribution in [1.29, 1.82) is 0 Å². The summed E-state index contributed by atoms with van der Waals surface area (Å²) in [5.41, 5.74) is 2.39. The average Bonchev–Trinajstić information content (AvgIpc) is 3.00. The van der Waals surface area contributed by atoms with Crippen molar-refractivity contribution >= 4 is 16.5 Å². The number of hydrogen-bond acceptors (Lipinski definition) is 5. The number of rotatable bonds is 4. The van der Waals surface area contributed by atoms with Crippen molar-refractivity contribution in [3.8, 4) is 0 Å². The van der Waals surface area contributed by atoms with Crippen molar-refractivity contribution in [3.63, 3.8) is 0 Å². The normalized spacial score (nSPS) is 15.2. The summed E-state index contributed by atoms with van der Waals surface area (Å²) in [6.45, 7) is 2.83. The molecule has 1 saturated carbocycles. The van der Waals surface area contributed by atoms with E-state index in [2.05, 4.69) is 27.5 Å². The third kappa shape index (κ3) is 2.17. The molecule has 1 N–H and O–H groups in total. The smallest absolute Gasteiger partial charge is 0.205 e. The maximum Gasteiger partial charge on any atom is 0.205 e. The van der Waals surface area contributed by atoms with Crippen LogP contribution in [0.2, 0.25) is 0 Å². The minimum Gasteiger partial charge on any atom is -0.356 e. The molecule has 0 spiro atoms. The SMILES string of the molecule is Cc1c(CNc2nnc(C3CC3)s2)cnn1C. The van der Waals surface area contributed by atoms with Gasteiger partial charge in [-0.3, -0.25) is 4.68 Å². The Bertz CT molecular complexity index is 526. The van der Waals surface area contributed by atoms with Gasteiger partial charge in [0, 0.05) is 30.8 Å². The molecule has 17 heavy (non-hydrogen) atoms. The number of hydrogen-bond donors (Lipinski definition) is 1. The Morgan fingerprint density at radius 3 is 2.94 bits per heavy atom. The number of anilines is 1. The summed E-state index contributed by atoms with van der Waals surface area (Å²) in [7, 11) is 1.95. The fourth-order valence-corrected chi connectivity index (χ4v) is 2.60. The summed E-state index contributed by atoms with van der Waals surface area (Å²) in [6.07, 6.45) is 4.44. The molecule has 0 atom stereocenters. The summed E-state index contributed by atoms with van der Waals surface area (Å²) in [4.78, 5) is 0. The molecule has 0 radical (unpaired) electrons. The molecule has 6 heteroatoms. The molecular weight excluding hydrogens is 234 g/mol. The van der Waals surface area contributed by atoms with E-state index in [0.29, 0.717) is 5.92 Å². The first-order valence-electron chi connectivity index (χ1n) is 5.79. The summed E-state index contributed by atoms with van der Waals surface area (Å²) >= 11 is 1.67. The van der Waals surface area contributed by atoms with Gasteiger partial charge in [-0.05, 0) is 19.8 Å². The Labute approximate surface area is 104 Å². The van der Waals surface area contributed by atoms with Crippen LogP contribution in [0.15, 0.2) is 6.20 Å². The van der Waals surface area contributed by atoms with E-state index in [1.165, 1.54) is 29.1 Å². The molecule has 0 aliphatic heterocycles. The van der Waals surface area contributed by atoms with E-state index in [-0.39, 0.29) is 0 Å². The van der Waals surface area contributed by atoms with Crippen LogP contribution in [0.4, 0.5) is 5.13 Å². The molecule has 0 saturated heterocycles. The van der Waals surface area contributed by atoms with E-state index >= 15 is 0 Å². The zero-order valence-corrected chi connectivity index (χ0v) is 10.8. The van der Waals surface area contributed by atoms with Gasteiger partial charge in [0.15, 0.2) is 0 Å². The van der Waals surface area contributed by atoms with Gasteiger partial charge in [-0.2, -0.15) is 5.10 Å². The predicted molar refractivity (Wildman–Crippen MR) is 67.2 cm³/mol. The van der Waals surface area contributed by atoms with Crippen molar-refractivity contribution in [2.75, 3.05) is 5.32 Å². The monoisotopic (exact) mass is 249 g/mol. The van der Waals surface area contributed by atoms with Crippen LogP contribution >= 0.6 is 11.3 Å². The quantitative estimate of drug-likeness (QED) is 0.901. The number of aryl methyl sites for hydroxylation is 1. The molecule has 1 aliphatic rings. The second-order valence-corrected chi connectivity index (χ2v) is 5.46. The number of nitrogens with one attached hydrogen (secondary N) is 1. The van der Waals surface area contributed by atoms with E-state index in [4.69, 9.17) is 0 Å². The van der Waals surface area contributed by atoms with Crippen LogP contribution < -0.4 is 5.32 Å². The first-order valence-corrected chi connectivity index (χ1v) is 6.60. The number of aromatic nitrogens is 4. The van der Waals surface area contributed by atoms with Crippen LogP contribution in [0.5, 0.6) is 0 Å². The van der Waals surface area contributed by atoms with Crippen molar-refractivity contribution in [3.05, 3.63) is 22.5 Å². The Hall–Kier alpha value is -1.43. The van der Waals surface area contributed by atoms with Gasteiger partial charge in [-0.1, -0.05) is 11.3 Å². The van der Waals surface area contributed by atoms with Crippen molar-refractivity contribution in [2.24, 2.45) is 7.05 Å². The Morgan fingerprint density at radius 2 is 2.29 bits per heavy atom. The third-order valence-corrected chi connectivity index (χ3v) is 4.18. The predicted octanol–water partition coefficient (Wildman–Crippen LogP) is 2.07. The molecule has 0 bridgehead atoms. The largest absolute Gasteiger partial charge is 0.356 e. The van der Waals surface area contributed by atoms with E-state index in [9.17, 15) is 0 Å². The van der Waals surface area contributed by atoms with Crippen molar-refractivity contribution in [2.45, 2.75) is 32.2 Å². The van der Waals surface area contributed by atoms with Gasteiger partial charge in [-0.15, -0.1) is 10.2 Å². The molecule has 2 aromatic rings. The fourth-order valence-electron chi connectivity index (χ4n) is 1.69. The van der Waals surface area contributed by atoms with Crippen LogP contribution in [0.25, 0.3) is 0 Å². The lowest BCUT2D eigenvalue weighted by molar-refractivity contribution is 0.738. The molecule has 1 aliphatic carbocycles. The van der Waals surface area contributed by atoms with Gasteiger partial charge in [0.1, 0.15) is 5.01 Å². The average molecular weight is 249 g/mol. The highest BCUT2D eigenvalue weighted by molar-refractivity contribution is 7.15. The van der Waals surface area contributed by atoms with E-state index in [0.717, 1.165) is 11.7 Å². The van der Waals surface area contributed by atoms with Crippen LogP contribution in [-0.2, 0) is 13.6 Å².